The SMILES string of the molecule is CC(=O)O[C@H]1C(=O)[C@@]2(C)C([C@H](OC(=O)c3ccccc3)[C@]3(O)C[C@H](OC(=O)[C@H](O)[C@@H](NC(=O)c4ccccc4)c4ccccc4)C(C)=C1C3(C)C)[C@]1(OC(=O)C3CC3)CO[C@@H]1C[C@@H]2O. The number of hydrogen-bond acceptors (Lipinski definition) is 14. The van der Waals surface area contributed by atoms with Gasteiger partial charge < -0.3 is 44.3 Å². The molecule has 0 radical (unpaired) electrons. The number of Topliss-reactive ketones (excluding diaryl/α,β-unsaturated/α-hetero) is 1. The predicted molar refractivity (Wildman–Crippen MR) is 225 cm³/mol. The van der Waals surface area contributed by atoms with Crippen LogP contribution in [0, 0.1) is 22.7 Å². The molecule has 3 saturated carbocycles. The van der Waals surface area contributed by atoms with Gasteiger partial charge in [-0.15, -0.1) is 0 Å². The molecule has 3 aromatic carbocycles. The Bertz CT molecular complexity index is 2370. The first-order valence-corrected chi connectivity index (χ1v) is 21.6. The Morgan fingerprint density at radius 2 is 1.44 bits per heavy atom. The van der Waals surface area contributed by atoms with Gasteiger partial charge in [0.1, 0.15) is 23.9 Å². The second-order valence-electron chi connectivity index (χ2n) is 18.5. The molecule has 4 aliphatic carbocycles. The number of benzene rings is 3. The Labute approximate surface area is 370 Å². The number of ketones is 1. The summed E-state index contributed by atoms with van der Waals surface area (Å²) in [6, 6.07) is 23.1. The second kappa shape index (κ2) is 16.7. The normalized spacial score (nSPS) is 32.4. The molecule has 3 aromatic rings. The van der Waals surface area contributed by atoms with Crippen LogP contribution in [0.2, 0.25) is 0 Å². The number of hydrogen-bond donors (Lipinski definition) is 4. The van der Waals surface area contributed by atoms with Gasteiger partial charge in [-0.05, 0) is 67.7 Å². The smallest absolute Gasteiger partial charge is 0.338 e. The summed E-state index contributed by atoms with van der Waals surface area (Å²) in [5.74, 6) is -7.00. The molecule has 0 spiro atoms. The van der Waals surface area contributed by atoms with Crippen molar-refractivity contribution in [1.29, 1.82) is 0 Å². The molecule has 15 heteroatoms. The summed E-state index contributed by atoms with van der Waals surface area (Å²) in [7, 11) is 0. The van der Waals surface area contributed by atoms with Gasteiger partial charge >= 0.3 is 23.9 Å². The van der Waals surface area contributed by atoms with E-state index in [1.54, 1.807) is 92.7 Å². The largest absolute Gasteiger partial charge is 0.456 e. The molecular formula is C49H53NO14. The third-order valence-corrected chi connectivity index (χ3v) is 14.3. The fourth-order valence-corrected chi connectivity index (χ4v) is 10.5. The van der Waals surface area contributed by atoms with E-state index in [0.717, 1.165) is 6.92 Å². The van der Waals surface area contributed by atoms with E-state index in [9.17, 15) is 39.3 Å². The highest BCUT2D eigenvalue weighted by Gasteiger charge is 2.78. The van der Waals surface area contributed by atoms with Gasteiger partial charge in [0.05, 0.1) is 41.6 Å². The summed E-state index contributed by atoms with van der Waals surface area (Å²) in [4.78, 5) is 84.7. The number of carbonyl (C=O) groups is 6. The Kier molecular flexibility index (Phi) is 11.7. The number of ether oxygens (including phenoxy) is 5. The second-order valence-corrected chi connectivity index (χ2v) is 18.5. The van der Waals surface area contributed by atoms with Crippen LogP contribution in [0.15, 0.2) is 102 Å². The van der Waals surface area contributed by atoms with Gasteiger partial charge in [0.2, 0.25) is 0 Å². The average Bonchev–Trinajstić information content (AvgIpc) is 4.13. The summed E-state index contributed by atoms with van der Waals surface area (Å²) in [6.45, 7) is 6.94. The molecule has 1 heterocycles. The van der Waals surface area contributed by atoms with E-state index in [1.165, 1.54) is 26.0 Å². The fourth-order valence-electron chi connectivity index (χ4n) is 10.5. The quantitative estimate of drug-likeness (QED) is 0.121. The number of carbonyl (C=O) groups excluding carboxylic acids is 6. The lowest BCUT2D eigenvalue weighted by Gasteiger charge is -2.67. The highest BCUT2D eigenvalue weighted by atomic mass is 16.6. The van der Waals surface area contributed by atoms with Crippen LogP contribution >= 0.6 is 0 Å². The van der Waals surface area contributed by atoms with Gasteiger partial charge in [-0.25, -0.2) is 9.59 Å². The topological polar surface area (TPSA) is 221 Å². The number of nitrogens with one attached hydrogen (secondary N) is 1. The summed E-state index contributed by atoms with van der Waals surface area (Å²) < 4.78 is 30.9. The minimum Gasteiger partial charge on any atom is -0.456 e. The highest BCUT2D eigenvalue weighted by molar-refractivity contribution is 5.96. The van der Waals surface area contributed by atoms with Crippen molar-refractivity contribution < 1.29 is 67.8 Å². The van der Waals surface area contributed by atoms with Crippen molar-refractivity contribution in [3.8, 4) is 0 Å². The number of aliphatic hydroxyl groups is 3. The van der Waals surface area contributed by atoms with Crippen LogP contribution < -0.4 is 5.32 Å². The Morgan fingerprint density at radius 1 is 0.844 bits per heavy atom. The summed E-state index contributed by atoms with van der Waals surface area (Å²) in [6.07, 6.45) is -9.30. The molecule has 11 atom stereocenters. The van der Waals surface area contributed by atoms with E-state index in [-0.39, 0.29) is 35.3 Å². The maximum atomic E-state index is 15.6. The number of aliphatic hydroxyl groups excluding tert-OH is 2. The van der Waals surface area contributed by atoms with Crippen molar-refractivity contribution in [3.05, 3.63) is 119 Å². The lowest BCUT2D eigenvalue weighted by Crippen LogP contribution is -2.82. The van der Waals surface area contributed by atoms with Gasteiger partial charge in [-0.2, -0.15) is 0 Å². The molecule has 1 unspecified atom stereocenters. The molecule has 1 amide bonds. The van der Waals surface area contributed by atoms with Crippen molar-refractivity contribution in [2.75, 3.05) is 6.61 Å². The van der Waals surface area contributed by atoms with Crippen molar-refractivity contribution >= 4 is 35.6 Å². The van der Waals surface area contributed by atoms with E-state index in [2.05, 4.69) is 5.32 Å². The summed E-state index contributed by atoms with van der Waals surface area (Å²) >= 11 is 0. The molecule has 15 nitrogen and oxygen atoms in total. The first kappa shape index (κ1) is 44.9. The van der Waals surface area contributed by atoms with Crippen molar-refractivity contribution in [2.45, 2.75) is 114 Å². The summed E-state index contributed by atoms with van der Waals surface area (Å²) in [5.41, 5.74) is -6.94. The minimum absolute atomic E-state index is 0.00868. The van der Waals surface area contributed by atoms with E-state index < -0.39 is 119 Å². The predicted octanol–water partition coefficient (Wildman–Crippen LogP) is 4.13. The Hall–Kier alpha value is -5.74. The van der Waals surface area contributed by atoms with Gasteiger partial charge in [-0.1, -0.05) is 80.6 Å². The zero-order chi connectivity index (χ0) is 45.9. The van der Waals surface area contributed by atoms with Gasteiger partial charge in [-0.3, -0.25) is 19.2 Å². The maximum absolute atomic E-state index is 15.6. The summed E-state index contributed by atoms with van der Waals surface area (Å²) in [5, 5.41) is 40.5. The van der Waals surface area contributed by atoms with Crippen molar-refractivity contribution in [3.63, 3.8) is 0 Å². The fraction of sp³-hybridized carbons (Fsp3) is 0.469. The van der Waals surface area contributed by atoms with Crippen LogP contribution in [-0.2, 0) is 42.9 Å². The molecule has 4 N–H and O–H groups in total. The number of amides is 1. The number of fused-ring (bicyclic) bond motifs is 5. The first-order valence-electron chi connectivity index (χ1n) is 21.6. The number of rotatable bonds is 11. The molecule has 338 valence electrons. The average molecular weight is 880 g/mol. The molecular weight excluding hydrogens is 827 g/mol. The van der Waals surface area contributed by atoms with Crippen LogP contribution in [0.3, 0.4) is 0 Å². The molecule has 5 aliphatic rings. The Balaban J connectivity index is 1.27. The lowest BCUT2D eigenvalue weighted by atomic mass is 9.44. The van der Waals surface area contributed by atoms with Crippen LogP contribution in [0.25, 0.3) is 0 Å². The molecule has 2 bridgehead atoms. The van der Waals surface area contributed by atoms with Gasteiger partial charge in [0.25, 0.3) is 5.91 Å². The first-order chi connectivity index (χ1) is 30.3. The van der Waals surface area contributed by atoms with Crippen molar-refractivity contribution in [1.82, 2.24) is 5.32 Å². The lowest BCUT2D eigenvalue weighted by molar-refractivity contribution is -0.346. The molecule has 8 rings (SSSR count). The molecule has 64 heavy (non-hydrogen) atoms. The standard InChI is InChI=1S/C49H53NO14/c1-26-32(62-45(58)37(53)36(28-15-9-6-10-16-28)50-42(55)29-17-11-7-12-18-29)24-49(59)41(63-43(56)30-19-13-8-14-20-30)39-47(5,40(54)38(61-27(2)51)35(26)46(49,3)4)33(52)23-34-48(39,25-60-34)64-44(57)31-21-22-31/h6-20,31-34,36-39,41,52-53,59H,21-25H2,1-5H3,(H,50,55)/t32-,33-,34+,36-,37+,38+,39?,41-,47+,48-,49+/m0/s1. The zero-order valence-corrected chi connectivity index (χ0v) is 36.2. The van der Waals surface area contributed by atoms with E-state index in [0.29, 0.717) is 18.4 Å². The third-order valence-electron chi connectivity index (χ3n) is 14.3. The van der Waals surface area contributed by atoms with E-state index in [4.69, 9.17) is 23.7 Å². The molecule has 0 aromatic heterocycles. The highest BCUT2D eigenvalue weighted by Crippen LogP contribution is 2.64. The van der Waals surface area contributed by atoms with E-state index >= 15 is 4.79 Å². The third kappa shape index (κ3) is 7.41. The minimum atomic E-state index is -2.39. The monoisotopic (exact) mass is 879 g/mol. The van der Waals surface area contributed by atoms with Gasteiger partial charge in [0.15, 0.2) is 23.6 Å². The molecule has 4 fully saturated rings. The van der Waals surface area contributed by atoms with Crippen LogP contribution in [0.5, 0.6) is 0 Å². The van der Waals surface area contributed by atoms with E-state index in [1.807, 2.05) is 0 Å². The maximum Gasteiger partial charge on any atom is 0.338 e. The van der Waals surface area contributed by atoms with Crippen LogP contribution in [0.4, 0.5) is 0 Å². The van der Waals surface area contributed by atoms with Crippen molar-refractivity contribution in [2.24, 2.45) is 22.7 Å². The Morgan fingerprint density at radius 3 is 2.00 bits per heavy atom. The molecule has 1 aliphatic heterocycles. The van der Waals surface area contributed by atoms with Gasteiger partial charge in [0, 0.05) is 30.7 Å². The van der Waals surface area contributed by atoms with Crippen LogP contribution in [0.1, 0.15) is 92.6 Å². The zero-order valence-electron chi connectivity index (χ0n) is 36.2. The number of esters is 4. The van der Waals surface area contributed by atoms with Crippen LogP contribution in [-0.4, -0.2) is 105 Å². The molecule has 1 saturated heterocycles.